The highest BCUT2D eigenvalue weighted by Gasteiger charge is 2.17. The molecule has 6 heteroatoms. The first-order chi connectivity index (χ1) is 8.91. The van der Waals surface area contributed by atoms with Crippen LogP contribution in [0.1, 0.15) is 25.8 Å². The monoisotopic (exact) mass is 330 g/mol. The number of halogens is 1. The molecule has 0 radical (unpaired) electrons. The Bertz CT molecular complexity index is 461. The zero-order valence-corrected chi connectivity index (χ0v) is 12.9. The second kappa shape index (κ2) is 6.77. The maximum atomic E-state index is 8.80. The number of hydrogen-bond donors (Lipinski definition) is 2. The predicted molar refractivity (Wildman–Crippen MR) is 77.9 cm³/mol. The summed E-state index contributed by atoms with van der Waals surface area (Å²) in [5.41, 5.74) is 5.94. The van der Waals surface area contributed by atoms with Crippen molar-refractivity contribution in [2.45, 2.75) is 25.9 Å². The molecule has 0 aliphatic rings. The van der Waals surface area contributed by atoms with Crippen LogP contribution in [0.2, 0.25) is 0 Å². The van der Waals surface area contributed by atoms with Crippen molar-refractivity contribution in [1.29, 1.82) is 0 Å². The van der Waals surface area contributed by atoms with Gasteiger partial charge in [-0.05, 0) is 41.9 Å². The summed E-state index contributed by atoms with van der Waals surface area (Å²) in [5, 5.41) is 11.8. The molecule has 19 heavy (non-hydrogen) atoms. The number of amidine groups is 1. The molecule has 0 saturated carbocycles. The van der Waals surface area contributed by atoms with Gasteiger partial charge in [-0.2, -0.15) is 0 Å². The molecule has 0 fully saturated rings. The predicted octanol–water partition coefficient (Wildman–Crippen LogP) is 2.74. The van der Waals surface area contributed by atoms with E-state index in [9.17, 15) is 0 Å². The second-order valence-electron chi connectivity index (χ2n) is 4.66. The molecule has 0 unspecified atom stereocenters. The van der Waals surface area contributed by atoms with Crippen molar-refractivity contribution < 1.29 is 14.7 Å². The minimum absolute atomic E-state index is 0.00785. The first-order valence-corrected chi connectivity index (χ1v) is 6.65. The van der Waals surface area contributed by atoms with Crippen LogP contribution in [0.3, 0.4) is 0 Å². The van der Waals surface area contributed by atoms with Crippen LogP contribution < -0.4 is 10.5 Å². The number of benzene rings is 1. The highest BCUT2D eigenvalue weighted by molar-refractivity contribution is 9.10. The first-order valence-electron chi connectivity index (χ1n) is 5.85. The largest absolute Gasteiger partial charge is 0.493 e. The summed E-state index contributed by atoms with van der Waals surface area (Å²) in [6.45, 7) is 4.45. The smallest absolute Gasteiger partial charge is 0.174 e. The molecule has 1 aromatic rings. The molecule has 0 atom stereocenters. The number of rotatable bonds is 6. The zero-order valence-electron chi connectivity index (χ0n) is 11.3. The number of hydrogen-bond acceptors (Lipinski definition) is 4. The molecule has 5 nitrogen and oxygen atoms in total. The normalized spacial score (nSPS) is 12.5. The van der Waals surface area contributed by atoms with Crippen LogP contribution in [0.25, 0.3) is 0 Å². The summed E-state index contributed by atoms with van der Waals surface area (Å²) >= 11 is 3.36. The summed E-state index contributed by atoms with van der Waals surface area (Å²) in [6, 6.07) is 5.41. The minimum atomic E-state index is -0.247. The Balaban J connectivity index is 2.82. The number of oxime groups is 1. The molecular weight excluding hydrogens is 312 g/mol. The van der Waals surface area contributed by atoms with E-state index in [0.717, 1.165) is 6.42 Å². The molecule has 3 N–H and O–H groups in total. The van der Waals surface area contributed by atoms with Crippen LogP contribution in [0, 0.1) is 0 Å². The molecule has 0 spiro atoms. The SMILES string of the molecule is COC(C)(C)CCOc1cccc(Br)c1/C(N)=N/O. The van der Waals surface area contributed by atoms with E-state index in [0.29, 0.717) is 22.4 Å². The van der Waals surface area contributed by atoms with Crippen molar-refractivity contribution >= 4 is 21.8 Å². The molecule has 0 heterocycles. The zero-order chi connectivity index (χ0) is 14.5. The van der Waals surface area contributed by atoms with Gasteiger partial charge in [-0.15, -0.1) is 0 Å². The van der Waals surface area contributed by atoms with Gasteiger partial charge in [0.15, 0.2) is 5.84 Å². The van der Waals surface area contributed by atoms with Gasteiger partial charge in [0.05, 0.1) is 17.8 Å². The maximum absolute atomic E-state index is 8.80. The highest BCUT2D eigenvalue weighted by atomic mass is 79.9. The van der Waals surface area contributed by atoms with Crippen LogP contribution >= 0.6 is 15.9 Å². The quantitative estimate of drug-likeness (QED) is 0.364. The van der Waals surface area contributed by atoms with Crippen LogP contribution in [0.4, 0.5) is 0 Å². The lowest BCUT2D eigenvalue weighted by Gasteiger charge is -2.23. The van der Waals surface area contributed by atoms with Gasteiger partial charge < -0.3 is 20.4 Å². The van der Waals surface area contributed by atoms with E-state index in [1.54, 1.807) is 19.2 Å². The summed E-state index contributed by atoms with van der Waals surface area (Å²) in [7, 11) is 1.67. The number of methoxy groups -OCH3 is 1. The highest BCUT2D eigenvalue weighted by Crippen LogP contribution is 2.27. The topological polar surface area (TPSA) is 77.1 Å². The standard InChI is InChI=1S/C13H19BrN2O3/c1-13(2,18-3)7-8-19-10-6-4-5-9(14)11(10)12(15)16-17/h4-6,17H,7-8H2,1-3H3,(H2,15,16). The number of nitrogens with two attached hydrogens (primary N) is 1. The molecule has 0 amide bonds. The lowest BCUT2D eigenvalue weighted by atomic mass is 10.1. The van der Waals surface area contributed by atoms with Gasteiger partial charge in [-0.25, -0.2) is 0 Å². The van der Waals surface area contributed by atoms with Gasteiger partial charge in [0.25, 0.3) is 0 Å². The third-order valence-corrected chi connectivity index (χ3v) is 3.51. The fourth-order valence-corrected chi connectivity index (χ4v) is 1.98. The van der Waals surface area contributed by atoms with E-state index in [4.69, 9.17) is 20.4 Å². The maximum Gasteiger partial charge on any atom is 0.174 e. The van der Waals surface area contributed by atoms with Crippen molar-refractivity contribution in [2.75, 3.05) is 13.7 Å². The fourth-order valence-electron chi connectivity index (χ4n) is 1.43. The van der Waals surface area contributed by atoms with E-state index in [-0.39, 0.29) is 11.4 Å². The average Bonchev–Trinajstić information content (AvgIpc) is 2.38. The van der Waals surface area contributed by atoms with Crippen molar-refractivity contribution in [3.05, 3.63) is 28.2 Å². The third kappa shape index (κ3) is 4.40. The summed E-state index contributed by atoms with van der Waals surface area (Å²) in [6.07, 6.45) is 0.728. The number of nitrogens with zero attached hydrogens (tertiary/aromatic N) is 1. The second-order valence-corrected chi connectivity index (χ2v) is 5.51. The summed E-state index contributed by atoms with van der Waals surface area (Å²) < 4.78 is 11.7. The molecule has 0 bridgehead atoms. The van der Waals surface area contributed by atoms with Crippen molar-refractivity contribution in [3.8, 4) is 5.75 Å². The third-order valence-electron chi connectivity index (χ3n) is 2.85. The van der Waals surface area contributed by atoms with Gasteiger partial charge in [-0.3, -0.25) is 0 Å². The average molecular weight is 331 g/mol. The van der Waals surface area contributed by atoms with Crippen molar-refractivity contribution in [1.82, 2.24) is 0 Å². The van der Waals surface area contributed by atoms with E-state index < -0.39 is 0 Å². The molecule has 0 saturated heterocycles. The lowest BCUT2D eigenvalue weighted by molar-refractivity contribution is 0.00543. The Labute approximate surface area is 121 Å². The molecule has 0 aromatic heterocycles. The molecule has 1 rings (SSSR count). The molecule has 106 valence electrons. The molecular formula is C13H19BrN2O3. The Hall–Kier alpha value is -1.27. The van der Waals surface area contributed by atoms with Crippen LogP contribution in [-0.2, 0) is 4.74 Å². The fraction of sp³-hybridized carbons (Fsp3) is 0.462. The van der Waals surface area contributed by atoms with E-state index >= 15 is 0 Å². The summed E-state index contributed by atoms with van der Waals surface area (Å²) in [4.78, 5) is 0. The number of ether oxygens (including phenoxy) is 2. The van der Waals surface area contributed by atoms with Crippen LogP contribution in [0.5, 0.6) is 5.75 Å². The Kier molecular flexibility index (Phi) is 5.62. The minimum Gasteiger partial charge on any atom is -0.493 e. The van der Waals surface area contributed by atoms with E-state index in [1.807, 2.05) is 19.9 Å². The van der Waals surface area contributed by atoms with Crippen LogP contribution in [0.15, 0.2) is 27.8 Å². The molecule has 0 aliphatic heterocycles. The van der Waals surface area contributed by atoms with E-state index in [1.165, 1.54) is 0 Å². The Morgan fingerprint density at radius 1 is 1.47 bits per heavy atom. The van der Waals surface area contributed by atoms with Crippen molar-refractivity contribution in [3.63, 3.8) is 0 Å². The van der Waals surface area contributed by atoms with Gasteiger partial charge >= 0.3 is 0 Å². The van der Waals surface area contributed by atoms with E-state index in [2.05, 4.69) is 21.1 Å². The Morgan fingerprint density at radius 3 is 2.74 bits per heavy atom. The van der Waals surface area contributed by atoms with Crippen LogP contribution in [-0.4, -0.2) is 30.4 Å². The van der Waals surface area contributed by atoms with Gasteiger partial charge in [0.2, 0.25) is 0 Å². The molecule has 1 aromatic carbocycles. The summed E-state index contributed by atoms with van der Waals surface area (Å²) in [5.74, 6) is 0.574. The molecule has 0 aliphatic carbocycles. The lowest BCUT2D eigenvalue weighted by Crippen LogP contribution is -2.25. The Morgan fingerprint density at radius 2 is 2.16 bits per heavy atom. The van der Waals surface area contributed by atoms with Gasteiger partial charge in [-0.1, -0.05) is 11.2 Å². The first kappa shape index (κ1) is 15.8. The van der Waals surface area contributed by atoms with Crippen molar-refractivity contribution in [2.24, 2.45) is 10.9 Å². The van der Waals surface area contributed by atoms with Gasteiger partial charge in [0.1, 0.15) is 5.75 Å². The van der Waals surface area contributed by atoms with Gasteiger partial charge in [0, 0.05) is 18.0 Å².